The van der Waals surface area contributed by atoms with Gasteiger partial charge in [-0.15, -0.1) is 0 Å². The lowest BCUT2D eigenvalue weighted by molar-refractivity contribution is 0.317. The third-order valence-corrected chi connectivity index (χ3v) is 4.06. The molecule has 1 aromatic heterocycles. The van der Waals surface area contributed by atoms with Crippen LogP contribution in [0.4, 0.5) is 5.69 Å². The quantitative estimate of drug-likeness (QED) is 0.854. The van der Waals surface area contributed by atoms with Gasteiger partial charge >= 0.3 is 0 Å². The molecule has 0 amide bonds. The van der Waals surface area contributed by atoms with Gasteiger partial charge < -0.3 is 9.72 Å². The lowest BCUT2D eigenvalue weighted by Crippen LogP contribution is -2.20. The normalized spacial score (nSPS) is 11.1. The van der Waals surface area contributed by atoms with Crippen molar-refractivity contribution in [1.29, 1.82) is 0 Å². The molecule has 0 unspecified atom stereocenters. The summed E-state index contributed by atoms with van der Waals surface area (Å²) in [7, 11) is -3.91. The van der Waals surface area contributed by atoms with Gasteiger partial charge in [-0.2, -0.15) is 0 Å². The number of ether oxygens (including phenoxy) is 1. The number of pyridine rings is 1. The molecule has 6 nitrogen and oxygen atoms in total. The number of aromatic nitrogens is 1. The molecule has 0 aliphatic heterocycles. The van der Waals surface area contributed by atoms with Crippen LogP contribution in [0.5, 0.6) is 5.75 Å². The van der Waals surface area contributed by atoms with Gasteiger partial charge in [-0.3, -0.25) is 9.52 Å². The largest absolute Gasteiger partial charge is 0.494 e. The van der Waals surface area contributed by atoms with Crippen LogP contribution < -0.4 is 14.9 Å². The zero-order valence-electron chi connectivity index (χ0n) is 11.5. The molecule has 7 heteroatoms. The van der Waals surface area contributed by atoms with Gasteiger partial charge in [0.05, 0.1) is 6.61 Å². The maximum atomic E-state index is 12.1. The molecule has 112 valence electrons. The Kier molecular flexibility index (Phi) is 4.64. The third-order valence-electron chi connectivity index (χ3n) is 2.66. The first kappa shape index (κ1) is 15.1. The van der Waals surface area contributed by atoms with Crippen LogP contribution in [0.25, 0.3) is 0 Å². The molecule has 0 atom stereocenters. The Hall–Kier alpha value is -2.28. The Morgan fingerprint density at radius 1 is 1.19 bits per heavy atom. The van der Waals surface area contributed by atoms with Crippen molar-refractivity contribution < 1.29 is 13.2 Å². The van der Waals surface area contributed by atoms with Crippen molar-refractivity contribution in [3.05, 3.63) is 52.9 Å². The number of hydrogen-bond acceptors (Lipinski definition) is 4. The fourth-order valence-electron chi connectivity index (χ4n) is 1.66. The monoisotopic (exact) mass is 308 g/mol. The highest BCUT2D eigenvalue weighted by Crippen LogP contribution is 2.18. The molecular formula is C14H16N2O4S. The Labute approximate surface area is 122 Å². The second kappa shape index (κ2) is 6.45. The van der Waals surface area contributed by atoms with E-state index in [0.29, 0.717) is 18.0 Å². The summed E-state index contributed by atoms with van der Waals surface area (Å²) in [6, 6.07) is 7.67. The summed E-state index contributed by atoms with van der Waals surface area (Å²) in [5.41, 5.74) is -0.203. The van der Waals surface area contributed by atoms with Crippen molar-refractivity contribution in [3.8, 4) is 5.75 Å². The maximum Gasteiger partial charge on any atom is 0.267 e. The van der Waals surface area contributed by atoms with Crippen molar-refractivity contribution >= 4 is 15.7 Å². The summed E-state index contributed by atoms with van der Waals surface area (Å²) in [4.78, 5) is 13.8. The minimum atomic E-state index is -3.91. The highest BCUT2D eigenvalue weighted by Gasteiger charge is 2.17. The maximum absolute atomic E-state index is 12.1. The number of sulfonamides is 1. The van der Waals surface area contributed by atoms with E-state index in [0.717, 1.165) is 18.7 Å². The van der Waals surface area contributed by atoms with E-state index in [1.165, 1.54) is 6.20 Å². The number of hydrogen-bond donors (Lipinski definition) is 2. The number of aromatic amines is 1. The van der Waals surface area contributed by atoms with Gasteiger partial charge in [-0.1, -0.05) is 6.92 Å². The van der Waals surface area contributed by atoms with E-state index in [1.54, 1.807) is 24.3 Å². The molecule has 0 fully saturated rings. The summed E-state index contributed by atoms with van der Waals surface area (Å²) in [6.45, 7) is 2.60. The summed E-state index contributed by atoms with van der Waals surface area (Å²) in [5, 5.41) is 0. The van der Waals surface area contributed by atoms with Crippen LogP contribution in [0.1, 0.15) is 13.3 Å². The van der Waals surface area contributed by atoms with Crippen LogP contribution in [-0.2, 0) is 10.0 Å². The zero-order valence-corrected chi connectivity index (χ0v) is 12.3. The van der Waals surface area contributed by atoms with E-state index >= 15 is 0 Å². The van der Waals surface area contributed by atoms with Crippen LogP contribution >= 0.6 is 0 Å². The fraction of sp³-hybridized carbons (Fsp3) is 0.214. The van der Waals surface area contributed by atoms with E-state index in [4.69, 9.17) is 4.74 Å². The second-order valence-electron chi connectivity index (χ2n) is 4.35. The van der Waals surface area contributed by atoms with E-state index in [2.05, 4.69) is 9.71 Å². The zero-order chi connectivity index (χ0) is 15.3. The average molecular weight is 308 g/mol. The predicted molar refractivity (Wildman–Crippen MR) is 80.1 cm³/mol. The number of benzene rings is 1. The van der Waals surface area contributed by atoms with Gasteiger partial charge in [0, 0.05) is 24.1 Å². The van der Waals surface area contributed by atoms with Gasteiger partial charge in [0.15, 0.2) is 4.90 Å². The third kappa shape index (κ3) is 3.85. The summed E-state index contributed by atoms with van der Waals surface area (Å²) in [5.74, 6) is 0.664. The van der Waals surface area contributed by atoms with Crippen molar-refractivity contribution in [1.82, 2.24) is 4.98 Å². The van der Waals surface area contributed by atoms with Gasteiger partial charge in [0.2, 0.25) is 5.43 Å². The van der Waals surface area contributed by atoms with Crippen LogP contribution in [0.15, 0.2) is 52.4 Å². The van der Waals surface area contributed by atoms with E-state index in [-0.39, 0.29) is 4.90 Å². The highest BCUT2D eigenvalue weighted by molar-refractivity contribution is 7.92. The van der Waals surface area contributed by atoms with Crippen LogP contribution in [0, 0.1) is 0 Å². The molecule has 0 saturated heterocycles. The molecule has 2 aromatic rings. The molecular weight excluding hydrogens is 292 g/mol. The smallest absolute Gasteiger partial charge is 0.267 e. The second-order valence-corrected chi connectivity index (χ2v) is 6.00. The molecule has 2 N–H and O–H groups in total. The van der Waals surface area contributed by atoms with Crippen molar-refractivity contribution in [3.63, 3.8) is 0 Å². The first-order valence-corrected chi connectivity index (χ1v) is 7.94. The van der Waals surface area contributed by atoms with Gasteiger partial charge in [-0.25, -0.2) is 8.42 Å². The minimum absolute atomic E-state index is 0.323. The first-order valence-electron chi connectivity index (χ1n) is 6.46. The lowest BCUT2D eigenvalue weighted by Gasteiger charge is -2.09. The molecule has 0 radical (unpaired) electrons. The average Bonchev–Trinajstić information content (AvgIpc) is 2.46. The molecule has 0 aliphatic rings. The molecule has 0 aliphatic carbocycles. The molecule has 0 saturated carbocycles. The summed E-state index contributed by atoms with van der Waals surface area (Å²) in [6.07, 6.45) is 3.43. The Morgan fingerprint density at radius 2 is 1.90 bits per heavy atom. The van der Waals surface area contributed by atoms with Gasteiger partial charge in [0.25, 0.3) is 10.0 Å². The van der Waals surface area contributed by atoms with Gasteiger partial charge in [-0.05, 0) is 30.7 Å². The minimum Gasteiger partial charge on any atom is -0.494 e. The SMILES string of the molecule is CCCOc1ccc(NS(=O)(=O)c2c[nH]ccc2=O)cc1. The molecule has 0 spiro atoms. The number of nitrogens with one attached hydrogen (secondary N) is 2. The van der Waals surface area contributed by atoms with E-state index < -0.39 is 15.5 Å². The predicted octanol–water partition coefficient (Wildman–Crippen LogP) is 1.96. The molecule has 1 aromatic carbocycles. The highest BCUT2D eigenvalue weighted by atomic mass is 32.2. The summed E-state index contributed by atoms with van der Waals surface area (Å²) < 4.78 is 32.0. The first-order chi connectivity index (χ1) is 10.0. The number of anilines is 1. The topological polar surface area (TPSA) is 88.3 Å². The van der Waals surface area contributed by atoms with Crippen molar-refractivity contribution in [2.45, 2.75) is 18.2 Å². The summed E-state index contributed by atoms with van der Waals surface area (Å²) >= 11 is 0. The van der Waals surface area contributed by atoms with E-state index in [9.17, 15) is 13.2 Å². The van der Waals surface area contributed by atoms with Gasteiger partial charge in [0.1, 0.15) is 5.75 Å². The number of H-pyrrole nitrogens is 1. The molecule has 1 heterocycles. The molecule has 0 bridgehead atoms. The van der Waals surface area contributed by atoms with Crippen LogP contribution in [-0.4, -0.2) is 20.0 Å². The number of rotatable bonds is 6. The van der Waals surface area contributed by atoms with E-state index in [1.807, 2.05) is 6.92 Å². The Balaban J connectivity index is 2.18. The Morgan fingerprint density at radius 3 is 2.52 bits per heavy atom. The Bertz CT molecular complexity index is 751. The fourth-order valence-corrected chi connectivity index (χ4v) is 2.77. The standard InChI is InChI=1S/C14H16N2O4S/c1-2-9-20-12-5-3-11(4-6-12)16-21(18,19)14-10-15-8-7-13(14)17/h3-8,10,16H,2,9H2,1H3,(H,15,17). The molecule has 21 heavy (non-hydrogen) atoms. The van der Waals surface area contributed by atoms with Crippen molar-refractivity contribution in [2.75, 3.05) is 11.3 Å². The van der Waals surface area contributed by atoms with Crippen LogP contribution in [0.2, 0.25) is 0 Å². The van der Waals surface area contributed by atoms with Crippen LogP contribution in [0.3, 0.4) is 0 Å². The molecule has 2 rings (SSSR count). The van der Waals surface area contributed by atoms with Crippen molar-refractivity contribution in [2.24, 2.45) is 0 Å². The lowest BCUT2D eigenvalue weighted by atomic mass is 10.3.